The smallest absolute Gasteiger partial charge is 0.319 e. The molecule has 0 spiro atoms. The first-order valence-electron chi connectivity index (χ1n) is 9.13. The summed E-state index contributed by atoms with van der Waals surface area (Å²) < 4.78 is 10.2. The average Bonchev–Trinajstić information content (AvgIpc) is 2.86. The van der Waals surface area contributed by atoms with Gasteiger partial charge in [-0.15, -0.1) is 0 Å². The predicted molar refractivity (Wildman–Crippen MR) is 91.4 cm³/mol. The molecule has 138 valence electrons. The minimum Gasteiger partial charge on any atom is -0.466 e. The lowest BCUT2D eigenvalue weighted by Crippen LogP contribution is -2.37. The Bertz CT molecular complexity index is 455. The van der Waals surface area contributed by atoms with Crippen LogP contribution in [0.5, 0.6) is 0 Å². The Hall–Kier alpha value is -1.39. The lowest BCUT2D eigenvalue weighted by molar-refractivity contribution is -0.159. The monoisotopic (exact) mass is 340 g/mol. The van der Waals surface area contributed by atoms with Crippen LogP contribution in [0.2, 0.25) is 0 Å². The van der Waals surface area contributed by atoms with Gasteiger partial charge in [-0.1, -0.05) is 26.7 Å². The molecule has 1 atom stereocenters. The zero-order valence-electron chi connectivity index (χ0n) is 15.6. The predicted octanol–water partition coefficient (Wildman–Crippen LogP) is 3.83. The van der Waals surface area contributed by atoms with Crippen molar-refractivity contribution in [3.05, 3.63) is 0 Å². The SMILES string of the molecule is CCOC(=O)CC(C)(C)CCCCC1(C(=O)OCC)CCCC1=O. The summed E-state index contributed by atoms with van der Waals surface area (Å²) >= 11 is 0. The minimum atomic E-state index is -0.915. The molecule has 0 radical (unpaired) electrons. The van der Waals surface area contributed by atoms with Crippen LogP contribution >= 0.6 is 0 Å². The summed E-state index contributed by atoms with van der Waals surface area (Å²) in [6.07, 6.45) is 5.33. The number of hydrogen-bond donors (Lipinski definition) is 0. The first-order chi connectivity index (χ1) is 11.3. The van der Waals surface area contributed by atoms with E-state index in [0.717, 1.165) is 25.7 Å². The van der Waals surface area contributed by atoms with Gasteiger partial charge in [-0.3, -0.25) is 14.4 Å². The molecule has 1 unspecified atom stereocenters. The summed E-state index contributed by atoms with van der Waals surface area (Å²) in [5.74, 6) is -0.485. The highest BCUT2D eigenvalue weighted by atomic mass is 16.5. The summed E-state index contributed by atoms with van der Waals surface area (Å²) in [5.41, 5.74) is -1.05. The van der Waals surface area contributed by atoms with Gasteiger partial charge < -0.3 is 9.47 Å². The molecule has 0 aromatic heterocycles. The van der Waals surface area contributed by atoms with Gasteiger partial charge in [0.2, 0.25) is 0 Å². The van der Waals surface area contributed by atoms with Gasteiger partial charge in [0.1, 0.15) is 11.2 Å². The van der Waals surface area contributed by atoms with E-state index in [1.54, 1.807) is 13.8 Å². The molecule has 0 aromatic carbocycles. The summed E-state index contributed by atoms with van der Waals surface area (Å²) in [6.45, 7) is 8.37. The molecule has 0 amide bonds. The number of carbonyl (C=O) groups excluding carboxylic acids is 3. The van der Waals surface area contributed by atoms with E-state index < -0.39 is 5.41 Å². The summed E-state index contributed by atoms with van der Waals surface area (Å²) in [7, 11) is 0. The van der Waals surface area contributed by atoms with E-state index in [-0.39, 0.29) is 23.1 Å². The first-order valence-corrected chi connectivity index (χ1v) is 9.13. The van der Waals surface area contributed by atoms with Crippen LogP contribution in [0.25, 0.3) is 0 Å². The quantitative estimate of drug-likeness (QED) is 0.343. The van der Waals surface area contributed by atoms with E-state index in [2.05, 4.69) is 0 Å². The van der Waals surface area contributed by atoms with Gasteiger partial charge in [0.25, 0.3) is 0 Å². The number of rotatable bonds is 10. The Morgan fingerprint density at radius 3 is 2.33 bits per heavy atom. The maximum absolute atomic E-state index is 12.3. The number of ketones is 1. The van der Waals surface area contributed by atoms with Crippen LogP contribution in [-0.2, 0) is 23.9 Å². The van der Waals surface area contributed by atoms with Crippen LogP contribution in [-0.4, -0.2) is 30.9 Å². The normalized spacial score (nSPS) is 20.9. The van der Waals surface area contributed by atoms with Crippen LogP contribution in [0, 0.1) is 10.8 Å². The minimum absolute atomic E-state index is 0.0340. The third-order valence-corrected chi connectivity index (χ3v) is 4.84. The maximum atomic E-state index is 12.3. The third kappa shape index (κ3) is 5.60. The molecule has 5 nitrogen and oxygen atoms in total. The van der Waals surface area contributed by atoms with Crippen molar-refractivity contribution in [2.45, 2.75) is 79.1 Å². The van der Waals surface area contributed by atoms with Gasteiger partial charge in [0.15, 0.2) is 0 Å². The maximum Gasteiger partial charge on any atom is 0.319 e. The lowest BCUT2D eigenvalue weighted by atomic mass is 9.78. The summed E-state index contributed by atoms with van der Waals surface area (Å²) in [6, 6.07) is 0. The van der Waals surface area contributed by atoms with E-state index in [9.17, 15) is 14.4 Å². The number of esters is 2. The van der Waals surface area contributed by atoms with Crippen molar-refractivity contribution >= 4 is 17.7 Å². The number of hydrogen-bond acceptors (Lipinski definition) is 5. The number of ether oxygens (including phenoxy) is 2. The lowest BCUT2D eigenvalue weighted by Gasteiger charge is -2.27. The van der Waals surface area contributed by atoms with Crippen LogP contribution in [0.15, 0.2) is 0 Å². The molecule has 0 heterocycles. The first kappa shape index (κ1) is 20.7. The molecule has 1 aliphatic rings. The molecule has 0 saturated heterocycles. The second kappa shape index (κ2) is 9.19. The second-order valence-corrected chi connectivity index (χ2v) is 7.43. The fourth-order valence-corrected chi connectivity index (χ4v) is 3.50. The Morgan fingerprint density at radius 1 is 1.12 bits per heavy atom. The molecule has 0 bridgehead atoms. The van der Waals surface area contributed by atoms with E-state index in [4.69, 9.17) is 9.47 Å². The molecule has 5 heteroatoms. The van der Waals surface area contributed by atoms with Gasteiger partial charge in [-0.05, 0) is 44.9 Å². The zero-order valence-corrected chi connectivity index (χ0v) is 15.6. The highest BCUT2D eigenvalue weighted by Gasteiger charge is 2.49. The molecular formula is C19H32O5. The Balaban J connectivity index is 2.50. The van der Waals surface area contributed by atoms with Gasteiger partial charge >= 0.3 is 11.9 Å². The Kier molecular flexibility index (Phi) is 7.91. The fraction of sp³-hybridized carbons (Fsp3) is 0.842. The van der Waals surface area contributed by atoms with Crippen LogP contribution in [0.3, 0.4) is 0 Å². The van der Waals surface area contributed by atoms with E-state index in [1.807, 2.05) is 13.8 Å². The van der Waals surface area contributed by atoms with Crippen molar-refractivity contribution in [1.82, 2.24) is 0 Å². The molecule has 0 N–H and O–H groups in total. The van der Waals surface area contributed by atoms with Gasteiger partial charge in [-0.2, -0.15) is 0 Å². The van der Waals surface area contributed by atoms with E-state index in [1.165, 1.54) is 0 Å². The van der Waals surface area contributed by atoms with Crippen molar-refractivity contribution in [2.75, 3.05) is 13.2 Å². The molecular weight excluding hydrogens is 308 g/mol. The third-order valence-electron chi connectivity index (χ3n) is 4.84. The van der Waals surface area contributed by atoms with Crippen LogP contribution in [0.4, 0.5) is 0 Å². The van der Waals surface area contributed by atoms with Crippen molar-refractivity contribution in [2.24, 2.45) is 10.8 Å². The van der Waals surface area contributed by atoms with E-state index in [0.29, 0.717) is 38.9 Å². The van der Waals surface area contributed by atoms with Crippen LogP contribution in [0.1, 0.15) is 79.1 Å². The molecule has 0 aliphatic heterocycles. The molecule has 1 rings (SSSR count). The molecule has 0 aromatic rings. The number of Topliss-reactive ketones (excluding diaryl/α,β-unsaturated/α-hetero) is 1. The highest BCUT2D eigenvalue weighted by molar-refractivity contribution is 6.05. The summed E-state index contributed by atoms with van der Waals surface area (Å²) in [5, 5.41) is 0. The molecule has 1 aliphatic carbocycles. The highest BCUT2D eigenvalue weighted by Crippen LogP contribution is 2.41. The Labute approximate surface area is 145 Å². The number of unbranched alkanes of at least 4 members (excludes halogenated alkanes) is 1. The van der Waals surface area contributed by atoms with Gasteiger partial charge in [0, 0.05) is 6.42 Å². The van der Waals surface area contributed by atoms with E-state index >= 15 is 0 Å². The van der Waals surface area contributed by atoms with Crippen molar-refractivity contribution in [3.8, 4) is 0 Å². The standard InChI is InChI=1S/C19H32O5/c1-5-23-16(21)14-18(3,4)11-7-8-12-19(17(22)24-6-2)13-9-10-15(19)20/h5-14H2,1-4H3. The fourth-order valence-electron chi connectivity index (χ4n) is 3.50. The zero-order chi connectivity index (χ0) is 18.2. The average molecular weight is 340 g/mol. The molecule has 1 fully saturated rings. The van der Waals surface area contributed by atoms with Crippen molar-refractivity contribution < 1.29 is 23.9 Å². The molecule has 24 heavy (non-hydrogen) atoms. The second-order valence-electron chi connectivity index (χ2n) is 7.43. The van der Waals surface area contributed by atoms with Crippen LogP contribution < -0.4 is 0 Å². The van der Waals surface area contributed by atoms with Crippen molar-refractivity contribution in [3.63, 3.8) is 0 Å². The van der Waals surface area contributed by atoms with Gasteiger partial charge in [0.05, 0.1) is 19.6 Å². The number of carbonyl (C=O) groups is 3. The molecule has 1 saturated carbocycles. The van der Waals surface area contributed by atoms with Gasteiger partial charge in [-0.25, -0.2) is 0 Å². The topological polar surface area (TPSA) is 69.7 Å². The van der Waals surface area contributed by atoms with Crippen molar-refractivity contribution in [1.29, 1.82) is 0 Å². The largest absolute Gasteiger partial charge is 0.466 e. The summed E-state index contributed by atoms with van der Waals surface area (Å²) in [4.78, 5) is 36.2. The Morgan fingerprint density at radius 2 is 1.79 bits per heavy atom.